The van der Waals surface area contributed by atoms with E-state index in [9.17, 15) is 9.90 Å². The minimum Gasteiger partial charge on any atom is -0.393 e. The SMILES string of the molecule is Cc1cc(C(=O)NC2CCC(O)CC2)c(C)n1Cc1cccs1. The minimum atomic E-state index is -0.195. The molecule has 3 rings (SSSR count). The largest absolute Gasteiger partial charge is 0.393 e. The summed E-state index contributed by atoms with van der Waals surface area (Å²) in [5.74, 6) is 0.0110. The van der Waals surface area contributed by atoms with Gasteiger partial charge in [0.05, 0.1) is 18.2 Å². The molecule has 4 nitrogen and oxygen atoms in total. The van der Waals surface area contributed by atoms with E-state index in [2.05, 4.69) is 27.4 Å². The summed E-state index contributed by atoms with van der Waals surface area (Å²) >= 11 is 1.74. The van der Waals surface area contributed by atoms with E-state index in [1.807, 2.05) is 19.9 Å². The molecule has 1 amide bonds. The van der Waals surface area contributed by atoms with Crippen molar-refractivity contribution in [2.45, 2.75) is 58.2 Å². The van der Waals surface area contributed by atoms with Crippen molar-refractivity contribution in [1.82, 2.24) is 9.88 Å². The molecule has 0 aliphatic heterocycles. The fraction of sp³-hybridized carbons (Fsp3) is 0.500. The van der Waals surface area contributed by atoms with Gasteiger partial charge in [-0.05, 0) is 57.0 Å². The maximum absolute atomic E-state index is 12.6. The molecule has 0 spiro atoms. The Labute approximate surface area is 141 Å². The van der Waals surface area contributed by atoms with Crippen molar-refractivity contribution in [3.63, 3.8) is 0 Å². The molecule has 0 aromatic carbocycles. The van der Waals surface area contributed by atoms with Gasteiger partial charge in [0.2, 0.25) is 0 Å². The number of aliphatic hydroxyl groups excluding tert-OH is 1. The molecule has 1 aliphatic rings. The summed E-state index contributed by atoms with van der Waals surface area (Å²) in [4.78, 5) is 13.9. The number of hydrogen-bond donors (Lipinski definition) is 2. The van der Waals surface area contributed by atoms with Crippen LogP contribution in [0.5, 0.6) is 0 Å². The molecule has 0 atom stereocenters. The second-order valence-corrected chi connectivity index (χ2v) is 7.46. The van der Waals surface area contributed by atoms with Gasteiger partial charge < -0.3 is 15.0 Å². The highest BCUT2D eigenvalue weighted by Crippen LogP contribution is 2.22. The number of aliphatic hydroxyl groups is 1. The van der Waals surface area contributed by atoms with Gasteiger partial charge in [0.1, 0.15) is 0 Å². The van der Waals surface area contributed by atoms with E-state index in [4.69, 9.17) is 0 Å². The number of aryl methyl sites for hydroxylation is 1. The molecule has 1 aliphatic carbocycles. The number of thiophene rings is 1. The third kappa shape index (κ3) is 3.67. The Balaban J connectivity index is 1.71. The van der Waals surface area contributed by atoms with Gasteiger partial charge >= 0.3 is 0 Å². The van der Waals surface area contributed by atoms with Crippen molar-refractivity contribution in [3.8, 4) is 0 Å². The Bertz CT molecular complexity index is 668. The number of carbonyl (C=O) groups excluding carboxylic acids is 1. The van der Waals surface area contributed by atoms with Crippen LogP contribution in [0.25, 0.3) is 0 Å². The van der Waals surface area contributed by atoms with E-state index >= 15 is 0 Å². The monoisotopic (exact) mass is 332 g/mol. The molecule has 1 fully saturated rings. The van der Waals surface area contributed by atoms with E-state index in [0.29, 0.717) is 0 Å². The summed E-state index contributed by atoms with van der Waals surface area (Å²) in [6.45, 7) is 4.88. The molecular weight excluding hydrogens is 308 g/mol. The Morgan fingerprint density at radius 3 is 2.74 bits per heavy atom. The molecule has 23 heavy (non-hydrogen) atoms. The first kappa shape index (κ1) is 16.3. The fourth-order valence-corrected chi connectivity index (χ4v) is 4.01. The third-order valence-electron chi connectivity index (χ3n) is 4.74. The van der Waals surface area contributed by atoms with E-state index < -0.39 is 0 Å². The summed E-state index contributed by atoms with van der Waals surface area (Å²) < 4.78 is 2.20. The quantitative estimate of drug-likeness (QED) is 0.903. The van der Waals surface area contributed by atoms with Gasteiger partial charge in [0.15, 0.2) is 0 Å². The normalized spacial score (nSPS) is 21.3. The average Bonchev–Trinajstić information content (AvgIpc) is 3.13. The molecule has 0 radical (unpaired) electrons. The summed E-state index contributed by atoms with van der Waals surface area (Å²) in [7, 11) is 0. The molecule has 1 saturated carbocycles. The summed E-state index contributed by atoms with van der Waals surface area (Å²) in [6, 6.07) is 6.34. The van der Waals surface area contributed by atoms with Gasteiger partial charge in [-0.1, -0.05) is 6.07 Å². The zero-order chi connectivity index (χ0) is 16.4. The lowest BCUT2D eigenvalue weighted by Crippen LogP contribution is -2.38. The average molecular weight is 332 g/mol. The molecule has 0 unspecified atom stereocenters. The highest BCUT2D eigenvalue weighted by atomic mass is 32.1. The molecule has 2 aromatic rings. The Hall–Kier alpha value is -1.59. The van der Waals surface area contributed by atoms with Crippen LogP contribution in [-0.2, 0) is 6.54 Å². The topological polar surface area (TPSA) is 54.3 Å². The van der Waals surface area contributed by atoms with Crippen molar-refractivity contribution >= 4 is 17.2 Å². The van der Waals surface area contributed by atoms with Crippen molar-refractivity contribution in [1.29, 1.82) is 0 Å². The number of amides is 1. The van der Waals surface area contributed by atoms with Gasteiger partial charge in [0, 0.05) is 22.3 Å². The van der Waals surface area contributed by atoms with E-state index in [-0.39, 0.29) is 18.1 Å². The van der Waals surface area contributed by atoms with Crippen molar-refractivity contribution in [3.05, 3.63) is 45.4 Å². The first-order chi connectivity index (χ1) is 11.0. The summed E-state index contributed by atoms with van der Waals surface area (Å²) in [5.41, 5.74) is 2.90. The number of nitrogens with one attached hydrogen (secondary N) is 1. The smallest absolute Gasteiger partial charge is 0.253 e. The van der Waals surface area contributed by atoms with Crippen LogP contribution >= 0.6 is 11.3 Å². The highest BCUT2D eigenvalue weighted by Gasteiger charge is 2.23. The first-order valence-electron chi connectivity index (χ1n) is 8.22. The first-order valence-corrected chi connectivity index (χ1v) is 9.10. The summed E-state index contributed by atoms with van der Waals surface area (Å²) in [5, 5.41) is 14.8. The second-order valence-electron chi connectivity index (χ2n) is 6.43. The fourth-order valence-electron chi connectivity index (χ4n) is 3.32. The van der Waals surface area contributed by atoms with Crippen LogP contribution < -0.4 is 5.32 Å². The minimum absolute atomic E-state index is 0.0110. The Morgan fingerprint density at radius 2 is 2.09 bits per heavy atom. The van der Waals surface area contributed by atoms with Gasteiger partial charge in [0.25, 0.3) is 5.91 Å². The third-order valence-corrected chi connectivity index (χ3v) is 5.61. The molecule has 5 heteroatoms. The van der Waals surface area contributed by atoms with Crippen LogP contribution in [0.4, 0.5) is 0 Å². The molecule has 2 heterocycles. The van der Waals surface area contributed by atoms with Crippen molar-refractivity contribution in [2.75, 3.05) is 0 Å². The van der Waals surface area contributed by atoms with Gasteiger partial charge in [-0.3, -0.25) is 4.79 Å². The van der Waals surface area contributed by atoms with Crippen LogP contribution in [0.15, 0.2) is 23.6 Å². The van der Waals surface area contributed by atoms with Crippen LogP contribution in [0.2, 0.25) is 0 Å². The lowest BCUT2D eigenvalue weighted by molar-refractivity contribution is 0.0867. The molecule has 2 aromatic heterocycles. The van der Waals surface area contributed by atoms with Crippen LogP contribution in [0.1, 0.15) is 52.3 Å². The standard InChI is InChI=1S/C18H24N2O2S/c1-12-10-17(13(2)20(12)11-16-4-3-9-23-16)18(22)19-14-5-7-15(21)8-6-14/h3-4,9-10,14-15,21H,5-8,11H2,1-2H3,(H,19,22). The van der Waals surface area contributed by atoms with Crippen LogP contribution in [0.3, 0.4) is 0 Å². The van der Waals surface area contributed by atoms with Gasteiger partial charge in [-0.25, -0.2) is 0 Å². The van der Waals surface area contributed by atoms with Crippen LogP contribution in [-0.4, -0.2) is 27.7 Å². The molecule has 0 saturated heterocycles. The molecule has 2 N–H and O–H groups in total. The summed E-state index contributed by atoms with van der Waals surface area (Å²) in [6.07, 6.45) is 3.09. The number of carbonyl (C=O) groups is 1. The van der Waals surface area contributed by atoms with E-state index in [1.165, 1.54) is 4.88 Å². The Kier molecular flexibility index (Phi) is 4.87. The molecule has 0 bridgehead atoms. The second kappa shape index (κ2) is 6.89. The maximum atomic E-state index is 12.6. The number of aromatic nitrogens is 1. The lowest BCUT2D eigenvalue weighted by atomic mass is 9.93. The zero-order valence-corrected chi connectivity index (χ0v) is 14.5. The number of rotatable bonds is 4. The van der Waals surface area contributed by atoms with Gasteiger partial charge in [-0.15, -0.1) is 11.3 Å². The van der Waals surface area contributed by atoms with Crippen molar-refractivity contribution in [2.24, 2.45) is 0 Å². The molecular formula is C18H24N2O2S. The van der Waals surface area contributed by atoms with Crippen LogP contribution in [0, 0.1) is 13.8 Å². The van der Waals surface area contributed by atoms with Gasteiger partial charge in [-0.2, -0.15) is 0 Å². The predicted octanol–water partition coefficient (Wildman–Crippen LogP) is 3.25. The predicted molar refractivity (Wildman–Crippen MR) is 93.1 cm³/mol. The lowest BCUT2D eigenvalue weighted by Gasteiger charge is -2.26. The zero-order valence-electron chi connectivity index (χ0n) is 13.7. The highest BCUT2D eigenvalue weighted by molar-refractivity contribution is 7.09. The number of hydrogen-bond acceptors (Lipinski definition) is 3. The van der Waals surface area contributed by atoms with Crippen molar-refractivity contribution < 1.29 is 9.90 Å². The number of nitrogens with zero attached hydrogens (tertiary/aromatic N) is 1. The Morgan fingerprint density at radius 1 is 1.35 bits per heavy atom. The maximum Gasteiger partial charge on any atom is 0.253 e. The van der Waals surface area contributed by atoms with E-state index in [0.717, 1.165) is 49.2 Å². The molecule has 124 valence electrons. The van der Waals surface area contributed by atoms with E-state index in [1.54, 1.807) is 11.3 Å².